The van der Waals surface area contributed by atoms with Gasteiger partial charge in [-0.1, -0.05) is 26.0 Å². The number of aryl methyl sites for hydroxylation is 2. The number of fused-ring (bicyclic) bond motifs is 1. The highest BCUT2D eigenvalue weighted by Crippen LogP contribution is 2.31. The first-order valence-corrected chi connectivity index (χ1v) is 7.06. The van der Waals surface area contributed by atoms with Gasteiger partial charge >= 0.3 is 0 Å². The molecule has 1 aliphatic rings. The Kier molecular flexibility index (Phi) is 3.95. The standard InChI is InChI=1S/C16H22N2O2/c1-9(2)7-12(8-17)18-15(19)13-10(3)5-6-11(4)14(13)16(18)20/h5-6,9,12H,7-8,17H2,1-4H3. The van der Waals surface area contributed by atoms with E-state index in [1.54, 1.807) is 0 Å². The molecule has 0 aromatic heterocycles. The highest BCUT2D eigenvalue weighted by Gasteiger charge is 2.41. The van der Waals surface area contributed by atoms with Crippen molar-refractivity contribution in [3.05, 3.63) is 34.4 Å². The summed E-state index contributed by atoms with van der Waals surface area (Å²) in [6.07, 6.45) is 0.736. The van der Waals surface area contributed by atoms with E-state index in [1.165, 1.54) is 4.90 Å². The van der Waals surface area contributed by atoms with Gasteiger partial charge in [0.15, 0.2) is 0 Å². The van der Waals surface area contributed by atoms with Crippen LogP contribution in [0.5, 0.6) is 0 Å². The first-order chi connectivity index (χ1) is 9.38. The number of carbonyl (C=O) groups is 2. The van der Waals surface area contributed by atoms with Crippen molar-refractivity contribution in [2.75, 3.05) is 6.54 Å². The molecule has 0 radical (unpaired) electrons. The topological polar surface area (TPSA) is 63.4 Å². The number of rotatable bonds is 4. The van der Waals surface area contributed by atoms with E-state index in [-0.39, 0.29) is 17.9 Å². The monoisotopic (exact) mass is 274 g/mol. The van der Waals surface area contributed by atoms with E-state index in [2.05, 4.69) is 13.8 Å². The molecule has 1 aromatic rings. The summed E-state index contributed by atoms with van der Waals surface area (Å²) < 4.78 is 0. The molecular formula is C16H22N2O2. The third-order valence-electron chi connectivity index (χ3n) is 3.87. The SMILES string of the molecule is Cc1ccc(C)c2c1C(=O)N(C(CN)CC(C)C)C2=O. The van der Waals surface area contributed by atoms with Gasteiger partial charge in [-0.05, 0) is 37.3 Å². The smallest absolute Gasteiger partial charge is 0.262 e. The second-order valence-corrected chi connectivity index (χ2v) is 5.95. The van der Waals surface area contributed by atoms with E-state index < -0.39 is 0 Å². The molecule has 0 fully saturated rings. The molecule has 1 aliphatic heterocycles. The van der Waals surface area contributed by atoms with Crippen LogP contribution in [-0.2, 0) is 0 Å². The second kappa shape index (κ2) is 5.37. The molecule has 0 saturated carbocycles. The number of hydrogen-bond donors (Lipinski definition) is 1. The van der Waals surface area contributed by atoms with Gasteiger partial charge in [0, 0.05) is 6.54 Å². The van der Waals surface area contributed by atoms with Gasteiger partial charge in [-0.25, -0.2) is 0 Å². The van der Waals surface area contributed by atoms with Crippen molar-refractivity contribution in [2.24, 2.45) is 11.7 Å². The molecule has 20 heavy (non-hydrogen) atoms. The largest absolute Gasteiger partial charge is 0.328 e. The Morgan fingerprint density at radius 3 is 1.85 bits per heavy atom. The van der Waals surface area contributed by atoms with Crippen LogP contribution in [-0.4, -0.2) is 29.3 Å². The molecule has 2 N–H and O–H groups in total. The molecule has 2 amide bonds. The maximum atomic E-state index is 12.6. The Labute approximate surface area is 119 Å². The van der Waals surface area contributed by atoms with Crippen LogP contribution in [0.3, 0.4) is 0 Å². The lowest BCUT2D eigenvalue weighted by molar-refractivity contribution is 0.0572. The van der Waals surface area contributed by atoms with E-state index in [9.17, 15) is 9.59 Å². The highest BCUT2D eigenvalue weighted by atomic mass is 16.2. The summed E-state index contributed by atoms with van der Waals surface area (Å²) in [4.78, 5) is 26.6. The Hall–Kier alpha value is -1.68. The first-order valence-electron chi connectivity index (χ1n) is 7.06. The van der Waals surface area contributed by atoms with Crippen LogP contribution in [0.25, 0.3) is 0 Å². The predicted molar refractivity (Wildman–Crippen MR) is 78.7 cm³/mol. The average Bonchev–Trinajstić information content (AvgIpc) is 2.64. The minimum Gasteiger partial charge on any atom is -0.328 e. The fourth-order valence-corrected chi connectivity index (χ4v) is 2.88. The zero-order chi connectivity index (χ0) is 15.0. The molecule has 1 atom stereocenters. The summed E-state index contributed by atoms with van der Waals surface area (Å²) in [6, 6.07) is 3.56. The number of carbonyl (C=O) groups excluding carboxylic acids is 2. The number of amides is 2. The van der Waals surface area contributed by atoms with E-state index in [0.717, 1.165) is 17.5 Å². The van der Waals surface area contributed by atoms with Crippen LogP contribution in [0.1, 0.15) is 52.1 Å². The number of benzene rings is 1. The third kappa shape index (κ3) is 2.24. The second-order valence-electron chi connectivity index (χ2n) is 5.95. The van der Waals surface area contributed by atoms with Crippen molar-refractivity contribution in [1.82, 2.24) is 4.90 Å². The predicted octanol–water partition coefficient (Wildman–Crippen LogP) is 2.27. The fourth-order valence-electron chi connectivity index (χ4n) is 2.88. The van der Waals surface area contributed by atoms with Gasteiger partial charge in [-0.3, -0.25) is 14.5 Å². The minimum absolute atomic E-state index is 0.192. The summed E-state index contributed by atoms with van der Waals surface area (Å²) in [5.41, 5.74) is 8.60. The van der Waals surface area contributed by atoms with Crippen molar-refractivity contribution in [2.45, 2.75) is 40.2 Å². The van der Waals surface area contributed by atoms with Crippen LogP contribution in [0.2, 0.25) is 0 Å². The molecule has 108 valence electrons. The summed E-state index contributed by atoms with van der Waals surface area (Å²) >= 11 is 0. The molecular weight excluding hydrogens is 252 g/mol. The van der Waals surface area contributed by atoms with Gasteiger partial charge in [0.1, 0.15) is 0 Å². The van der Waals surface area contributed by atoms with Crippen molar-refractivity contribution in [1.29, 1.82) is 0 Å². The quantitative estimate of drug-likeness (QED) is 0.857. The van der Waals surface area contributed by atoms with Gasteiger partial charge in [0.05, 0.1) is 17.2 Å². The lowest BCUT2D eigenvalue weighted by Crippen LogP contribution is -2.45. The maximum Gasteiger partial charge on any atom is 0.262 e. The zero-order valence-electron chi connectivity index (χ0n) is 12.6. The Bertz CT molecular complexity index is 523. The van der Waals surface area contributed by atoms with Gasteiger partial charge in [-0.2, -0.15) is 0 Å². The summed E-state index contributed by atoms with van der Waals surface area (Å²) in [7, 11) is 0. The third-order valence-corrected chi connectivity index (χ3v) is 3.87. The van der Waals surface area contributed by atoms with Crippen LogP contribution in [0.4, 0.5) is 0 Å². The van der Waals surface area contributed by atoms with Crippen LogP contribution in [0, 0.1) is 19.8 Å². The number of nitrogens with two attached hydrogens (primary N) is 1. The van der Waals surface area contributed by atoms with Crippen molar-refractivity contribution < 1.29 is 9.59 Å². The zero-order valence-corrected chi connectivity index (χ0v) is 12.6. The average molecular weight is 274 g/mol. The normalized spacial score (nSPS) is 16.0. The summed E-state index contributed by atoms with van der Waals surface area (Å²) in [5, 5.41) is 0. The van der Waals surface area contributed by atoms with Crippen molar-refractivity contribution >= 4 is 11.8 Å². The van der Waals surface area contributed by atoms with Gasteiger partial charge in [-0.15, -0.1) is 0 Å². The molecule has 0 bridgehead atoms. The number of imide groups is 1. The molecule has 0 spiro atoms. The molecule has 1 aromatic carbocycles. The molecule has 0 aliphatic carbocycles. The lowest BCUT2D eigenvalue weighted by Gasteiger charge is -2.26. The molecule has 1 heterocycles. The molecule has 4 heteroatoms. The minimum atomic E-state index is -0.221. The number of hydrogen-bond acceptors (Lipinski definition) is 3. The first kappa shape index (κ1) is 14.7. The van der Waals surface area contributed by atoms with Gasteiger partial charge in [0.25, 0.3) is 11.8 Å². The van der Waals surface area contributed by atoms with E-state index >= 15 is 0 Å². The molecule has 4 nitrogen and oxygen atoms in total. The lowest BCUT2D eigenvalue weighted by atomic mass is 9.99. The molecule has 0 saturated heterocycles. The maximum absolute atomic E-state index is 12.6. The summed E-state index contributed by atoms with van der Waals surface area (Å²) in [5.74, 6) is -0.000318. The highest BCUT2D eigenvalue weighted by molar-refractivity contribution is 6.22. The Balaban J connectivity index is 2.46. The fraction of sp³-hybridized carbons (Fsp3) is 0.500. The van der Waals surface area contributed by atoms with Gasteiger partial charge in [0.2, 0.25) is 0 Å². The van der Waals surface area contributed by atoms with E-state index in [1.807, 2.05) is 26.0 Å². The van der Waals surface area contributed by atoms with Crippen LogP contribution >= 0.6 is 0 Å². The van der Waals surface area contributed by atoms with E-state index in [4.69, 9.17) is 5.73 Å². The molecule has 2 rings (SSSR count). The van der Waals surface area contributed by atoms with Crippen LogP contribution in [0.15, 0.2) is 12.1 Å². The Morgan fingerprint density at radius 2 is 1.50 bits per heavy atom. The summed E-state index contributed by atoms with van der Waals surface area (Å²) in [6.45, 7) is 8.18. The number of nitrogens with zero attached hydrogens (tertiary/aromatic N) is 1. The van der Waals surface area contributed by atoms with Crippen molar-refractivity contribution in [3.63, 3.8) is 0 Å². The van der Waals surface area contributed by atoms with Gasteiger partial charge < -0.3 is 5.73 Å². The van der Waals surface area contributed by atoms with E-state index in [0.29, 0.717) is 23.6 Å². The molecule has 1 unspecified atom stereocenters. The van der Waals surface area contributed by atoms with Crippen LogP contribution < -0.4 is 5.73 Å². The Morgan fingerprint density at radius 1 is 1.05 bits per heavy atom. The van der Waals surface area contributed by atoms with Crippen molar-refractivity contribution in [3.8, 4) is 0 Å².